The fraction of sp³-hybridized carbons (Fsp3) is 0.600. The predicted octanol–water partition coefficient (Wildman–Crippen LogP) is -0.675. The second-order valence-corrected chi connectivity index (χ2v) is 2.41. The smallest absolute Gasteiger partial charge is 0.237 e. The summed E-state index contributed by atoms with van der Waals surface area (Å²) in [6.45, 7) is -0.0234. The number of rotatable bonds is 3. The number of nitrogens with two attached hydrogens (primary N) is 1. The Morgan fingerprint density at radius 2 is 2.10 bits per heavy atom. The van der Waals surface area contributed by atoms with Crippen molar-refractivity contribution < 1.29 is 9.59 Å². The first-order chi connectivity index (χ1) is 4.57. The van der Waals surface area contributed by atoms with Gasteiger partial charge in [-0.05, 0) is 0 Å². The second kappa shape index (κ2) is 4.27. The van der Waals surface area contributed by atoms with Crippen LogP contribution in [0, 0.1) is 0 Å². The van der Waals surface area contributed by atoms with Crippen molar-refractivity contribution in [1.82, 2.24) is 4.90 Å². The number of carbonyl (C=O) groups is 2. The number of halogens is 1. The quantitative estimate of drug-likeness (QED) is 0.626. The van der Waals surface area contributed by atoms with E-state index >= 15 is 0 Å². The molecular formula is C5H9BrN2O2. The Bertz CT molecular complexity index is 149. The number of likely N-dealkylation sites (N-methyl/N-ethyl adjacent to an activating group) is 1. The standard InChI is InChI=1S/C5H9BrN2O2/c1-8(3-4(7)9)5(10)2-6/h2-3H2,1H3,(H2,7,9). The number of alkyl halides is 1. The van der Waals surface area contributed by atoms with Crippen molar-refractivity contribution in [2.24, 2.45) is 5.73 Å². The summed E-state index contributed by atoms with van der Waals surface area (Å²) in [6.07, 6.45) is 0. The van der Waals surface area contributed by atoms with Gasteiger partial charge in [-0.15, -0.1) is 0 Å². The van der Waals surface area contributed by atoms with Crippen LogP contribution in [0.5, 0.6) is 0 Å². The summed E-state index contributed by atoms with van der Waals surface area (Å²) in [5.74, 6) is -0.657. The van der Waals surface area contributed by atoms with Gasteiger partial charge in [0, 0.05) is 7.05 Å². The molecule has 0 heterocycles. The molecule has 0 spiro atoms. The Hall–Kier alpha value is -0.580. The molecule has 0 bridgehead atoms. The normalized spacial score (nSPS) is 9.00. The number of hydrogen-bond acceptors (Lipinski definition) is 2. The van der Waals surface area contributed by atoms with Crippen LogP contribution in [0.4, 0.5) is 0 Å². The summed E-state index contributed by atoms with van der Waals surface area (Å²) in [5.41, 5.74) is 4.84. The number of primary amides is 1. The number of amides is 2. The van der Waals surface area contributed by atoms with Crippen LogP contribution < -0.4 is 5.73 Å². The summed E-state index contributed by atoms with van der Waals surface area (Å²) in [4.78, 5) is 22.2. The first-order valence-electron chi connectivity index (χ1n) is 2.66. The monoisotopic (exact) mass is 208 g/mol. The lowest BCUT2D eigenvalue weighted by atomic mass is 10.5. The number of hydrogen-bond donors (Lipinski definition) is 1. The molecule has 58 valence electrons. The topological polar surface area (TPSA) is 63.4 Å². The molecule has 0 aliphatic heterocycles. The Labute approximate surface area is 67.5 Å². The third kappa shape index (κ3) is 3.45. The van der Waals surface area contributed by atoms with Crippen LogP contribution >= 0.6 is 15.9 Å². The Kier molecular flexibility index (Phi) is 4.02. The third-order valence-electron chi connectivity index (χ3n) is 0.933. The summed E-state index contributed by atoms with van der Waals surface area (Å²) in [6, 6.07) is 0. The van der Waals surface area contributed by atoms with E-state index in [1.165, 1.54) is 11.9 Å². The zero-order valence-corrected chi connectivity index (χ0v) is 7.22. The highest BCUT2D eigenvalue weighted by molar-refractivity contribution is 9.09. The molecule has 0 aromatic carbocycles. The van der Waals surface area contributed by atoms with E-state index in [9.17, 15) is 9.59 Å². The van der Waals surface area contributed by atoms with Crippen LogP contribution in [0.3, 0.4) is 0 Å². The van der Waals surface area contributed by atoms with Gasteiger partial charge in [-0.2, -0.15) is 0 Å². The van der Waals surface area contributed by atoms with Crippen molar-refractivity contribution in [3.63, 3.8) is 0 Å². The van der Waals surface area contributed by atoms with E-state index in [1.54, 1.807) is 0 Å². The highest BCUT2D eigenvalue weighted by Crippen LogP contribution is 1.88. The average Bonchev–Trinajstić information content (AvgIpc) is 1.85. The maximum absolute atomic E-state index is 10.7. The van der Waals surface area contributed by atoms with Gasteiger partial charge in [0.25, 0.3) is 0 Å². The molecule has 0 saturated carbocycles. The molecule has 0 radical (unpaired) electrons. The number of nitrogens with zero attached hydrogens (tertiary/aromatic N) is 1. The van der Waals surface area contributed by atoms with Gasteiger partial charge >= 0.3 is 0 Å². The Morgan fingerprint density at radius 3 is 2.40 bits per heavy atom. The van der Waals surface area contributed by atoms with Crippen molar-refractivity contribution >= 4 is 27.7 Å². The lowest BCUT2D eigenvalue weighted by Crippen LogP contribution is -2.35. The van der Waals surface area contributed by atoms with Gasteiger partial charge in [0.05, 0.1) is 11.9 Å². The van der Waals surface area contributed by atoms with Crippen LogP contribution in [0.2, 0.25) is 0 Å². The first-order valence-corrected chi connectivity index (χ1v) is 3.78. The molecule has 0 aliphatic carbocycles. The molecule has 2 N–H and O–H groups in total. The van der Waals surface area contributed by atoms with Gasteiger partial charge < -0.3 is 10.6 Å². The van der Waals surface area contributed by atoms with Crippen molar-refractivity contribution in [2.75, 3.05) is 18.9 Å². The summed E-state index contributed by atoms with van der Waals surface area (Å²) < 4.78 is 0. The molecule has 5 heteroatoms. The fourth-order valence-corrected chi connectivity index (χ4v) is 0.852. The summed E-state index contributed by atoms with van der Waals surface area (Å²) >= 11 is 2.96. The Balaban J connectivity index is 3.72. The van der Waals surface area contributed by atoms with Crippen LogP contribution in [-0.4, -0.2) is 35.6 Å². The highest BCUT2D eigenvalue weighted by atomic mass is 79.9. The molecule has 0 atom stereocenters. The number of carbonyl (C=O) groups excluding carboxylic acids is 2. The van der Waals surface area contributed by atoms with Crippen LogP contribution in [0.15, 0.2) is 0 Å². The van der Waals surface area contributed by atoms with E-state index in [1.807, 2.05) is 0 Å². The molecule has 0 rings (SSSR count). The molecule has 10 heavy (non-hydrogen) atoms. The summed E-state index contributed by atoms with van der Waals surface area (Å²) in [7, 11) is 1.52. The third-order valence-corrected chi connectivity index (χ3v) is 1.41. The van der Waals surface area contributed by atoms with Gasteiger partial charge in [0.1, 0.15) is 0 Å². The fourth-order valence-electron chi connectivity index (χ4n) is 0.424. The lowest BCUT2D eigenvalue weighted by molar-refractivity contribution is -0.131. The van der Waals surface area contributed by atoms with Crippen LogP contribution in [-0.2, 0) is 9.59 Å². The van der Waals surface area contributed by atoms with Crippen LogP contribution in [0.25, 0.3) is 0 Å². The zero-order valence-electron chi connectivity index (χ0n) is 5.63. The molecule has 0 aromatic heterocycles. The van der Waals surface area contributed by atoms with Gasteiger partial charge in [-0.3, -0.25) is 9.59 Å². The van der Waals surface area contributed by atoms with Gasteiger partial charge in [-0.1, -0.05) is 15.9 Å². The molecule has 2 amide bonds. The molecule has 0 unspecified atom stereocenters. The van der Waals surface area contributed by atoms with Crippen LogP contribution in [0.1, 0.15) is 0 Å². The van der Waals surface area contributed by atoms with Gasteiger partial charge in [0.15, 0.2) is 0 Å². The van der Waals surface area contributed by atoms with E-state index in [2.05, 4.69) is 15.9 Å². The minimum absolute atomic E-state index is 0.0234. The van der Waals surface area contributed by atoms with E-state index in [0.717, 1.165) is 0 Å². The molecular weight excluding hydrogens is 200 g/mol. The van der Waals surface area contributed by atoms with Crippen molar-refractivity contribution in [1.29, 1.82) is 0 Å². The van der Waals surface area contributed by atoms with Crippen molar-refractivity contribution in [2.45, 2.75) is 0 Å². The summed E-state index contributed by atoms with van der Waals surface area (Å²) in [5, 5.41) is 0.219. The van der Waals surface area contributed by atoms with E-state index in [-0.39, 0.29) is 17.8 Å². The van der Waals surface area contributed by atoms with E-state index in [0.29, 0.717) is 0 Å². The SMILES string of the molecule is CN(CC(N)=O)C(=O)CBr. The average molecular weight is 209 g/mol. The van der Waals surface area contributed by atoms with Gasteiger partial charge in [0.2, 0.25) is 11.8 Å². The van der Waals surface area contributed by atoms with Crippen molar-refractivity contribution in [3.05, 3.63) is 0 Å². The first kappa shape index (κ1) is 9.42. The van der Waals surface area contributed by atoms with E-state index < -0.39 is 5.91 Å². The maximum Gasteiger partial charge on any atom is 0.237 e. The minimum Gasteiger partial charge on any atom is -0.368 e. The molecule has 0 saturated heterocycles. The van der Waals surface area contributed by atoms with E-state index in [4.69, 9.17) is 5.73 Å². The Morgan fingerprint density at radius 1 is 1.60 bits per heavy atom. The molecule has 0 fully saturated rings. The second-order valence-electron chi connectivity index (χ2n) is 1.85. The minimum atomic E-state index is -0.503. The molecule has 4 nitrogen and oxygen atoms in total. The molecule has 0 aromatic rings. The van der Waals surface area contributed by atoms with Gasteiger partial charge in [-0.25, -0.2) is 0 Å². The van der Waals surface area contributed by atoms with Crippen molar-refractivity contribution in [3.8, 4) is 0 Å². The zero-order chi connectivity index (χ0) is 8.15. The highest BCUT2D eigenvalue weighted by Gasteiger charge is 2.07. The largest absolute Gasteiger partial charge is 0.368 e. The maximum atomic E-state index is 10.7. The lowest BCUT2D eigenvalue weighted by Gasteiger charge is -2.12. The predicted molar refractivity (Wildman–Crippen MR) is 40.6 cm³/mol. The molecule has 0 aliphatic rings.